The molecule has 0 atom stereocenters. The number of rotatable bonds is 2. The Morgan fingerprint density at radius 3 is 2.61 bits per heavy atom. The average molecular weight is 241 g/mol. The van der Waals surface area contributed by atoms with E-state index in [2.05, 4.69) is 50.1 Å². The zero-order valence-corrected chi connectivity index (χ0v) is 11.2. The van der Waals surface area contributed by atoms with Gasteiger partial charge in [-0.25, -0.2) is 0 Å². The zero-order valence-electron chi connectivity index (χ0n) is 11.2. The van der Waals surface area contributed by atoms with E-state index in [1.165, 1.54) is 11.3 Å². The van der Waals surface area contributed by atoms with Crippen molar-refractivity contribution in [3.05, 3.63) is 41.6 Å². The highest BCUT2D eigenvalue weighted by atomic mass is 16.1. The third-order valence-electron chi connectivity index (χ3n) is 4.20. The molecule has 0 aromatic heterocycles. The summed E-state index contributed by atoms with van der Waals surface area (Å²) in [5, 5.41) is 0. The van der Waals surface area contributed by atoms with Gasteiger partial charge in [-0.3, -0.25) is 4.79 Å². The molecule has 0 unspecified atom stereocenters. The van der Waals surface area contributed by atoms with Crippen LogP contribution >= 0.6 is 0 Å². The molecule has 2 nitrogen and oxygen atoms in total. The maximum absolute atomic E-state index is 12.0. The molecule has 1 aromatic rings. The van der Waals surface area contributed by atoms with Crippen molar-refractivity contribution in [1.82, 2.24) is 0 Å². The van der Waals surface area contributed by atoms with Gasteiger partial charge in [0.1, 0.15) is 0 Å². The van der Waals surface area contributed by atoms with Gasteiger partial charge in [0.2, 0.25) is 0 Å². The van der Waals surface area contributed by atoms with Crippen molar-refractivity contribution in [2.75, 3.05) is 11.9 Å². The molecule has 0 amide bonds. The summed E-state index contributed by atoms with van der Waals surface area (Å²) in [6.45, 7) is 4.39. The summed E-state index contributed by atoms with van der Waals surface area (Å²) < 4.78 is 0. The van der Waals surface area contributed by atoms with Crippen molar-refractivity contribution < 1.29 is 4.79 Å². The Hall–Kier alpha value is -1.57. The first-order valence-electron chi connectivity index (χ1n) is 6.61. The molecule has 2 aliphatic rings. The van der Waals surface area contributed by atoms with Crippen LogP contribution in [0.2, 0.25) is 0 Å². The van der Waals surface area contributed by atoms with Gasteiger partial charge in [0.05, 0.1) is 0 Å². The van der Waals surface area contributed by atoms with Gasteiger partial charge in [0.25, 0.3) is 0 Å². The fourth-order valence-corrected chi connectivity index (χ4v) is 2.88. The summed E-state index contributed by atoms with van der Waals surface area (Å²) in [5.74, 6) is 0.600. The number of hydrogen-bond donors (Lipinski definition) is 0. The minimum Gasteiger partial charge on any atom is -0.347 e. The van der Waals surface area contributed by atoms with Gasteiger partial charge in [0, 0.05) is 35.8 Å². The van der Waals surface area contributed by atoms with E-state index in [1.807, 2.05) is 6.08 Å². The molecule has 1 saturated carbocycles. The van der Waals surface area contributed by atoms with Gasteiger partial charge < -0.3 is 4.90 Å². The Kier molecular flexibility index (Phi) is 2.37. The molecule has 0 radical (unpaired) electrons. The lowest BCUT2D eigenvalue weighted by Crippen LogP contribution is -2.24. The van der Waals surface area contributed by atoms with E-state index in [4.69, 9.17) is 0 Å². The monoisotopic (exact) mass is 241 g/mol. The Morgan fingerprint density at radius 1 is 1.33 bits per heavy atom. The lowest BCUT2D eigenvalue weighted by molar-refractivity contribution is -0.115. The molecular weight excluding hydrogens is 222 g/mol. The molecule has 1 aromatic carbocycles. The number of fused-ring (bicyclic) bond motifs is 1. The first-order valence-corrected chi connectivity index (χ1v) is 6.61. The highest BCUT2D eigenvalue weighted by Gasteiger charge is 2.39. The molecule has 94 valence electrons. The number of allylic oxidation sites excluding steroid dienone is 2. The largest absolute Gasteiger partial charge is 0.347 e. The minimum atomic E-state index is -0.0735. The van der Waals surface area contributed by atoms with Crippen LogP contribution in [0.15, 0.2) is 36.0 Å². The highest BCUT2D eigenvalue weighted by molar-refractivity contribution is 5.95. The predicted molar refractivity (Wildman–Crippen MR) is 73.7 cm³/mol. The molecular formula is C16H19NO. The van der Waals surface area contributed by atoms with Gasteiger partial charge in [-0.2, -0.15) is 0 Å². The van der Waals surface area contributed by atoms with E-state index in [9.17, 15) is 4.79 Å². The SMILES string of the molecule is CN1/C(=C/C(=O)C2CC2)C(C)(C)c2ccccc21. The molecule has 0 bridgehead atoms. The summed E-state index contributed by atoms with van der Waals surface area (Å²) >= 11 is 0. The first-order chi connectivity index (χ1) is 8.51. The van der Waals surface area contributed by atoms with Crippen LogP contribution in [0, 0.1) is 5.92 Å². The third-order valence-corrected chi connectivity index (χ3v) is 4.20. The second kappa shape index (κ2) is 3.71. The van der Waals surface area contributed by atoms with Gasteiger partial charge in [0.15, 0.2) is 5.78 Å². The van der Waals surface area contributed by atoms with E-state index in [1.54, 1.807) is 0 Å². The van der Waals surface area contributed by atoms with Crippen LogP contribution in [0.25, 0.3) is 0 Å². The Balaban J connectivity index is 2.05. The molecule has 0 saturated heterocycles. The number of likely N-dealkylation sites (N-methyl/N-ethyl adjacent to an activating group) is 1. The first kappa shape index (κ1) is 11.5. The number of hydrogen-bond acceptors (Lipinski definition) is 2. The molecule has 0 N–H and O–H groups in total. The van der Waals surface area contributed by atoms with E-state index < -0.39 is 0 Å². The van der Waals surface area contributed by atoms with Gasteiger partial charge in [-0.05, 0) is 24.5 Å². The van der Waals surface area contributed by atoms with Crippen LogP contribution in [0.5, 0.6) is 0 Å². The van der Waals surface area contributed by atoms with Crippen molar-refractivity contribution in [2.24, 2.45) is 5.92 Å². The zero-order chi connectivity index (χ0) is 12.9. The number of nitrogens with zero attached hydrogens (tertiary/aromatic N) is 1. The lowest BCUT2D eigenvalue weighted by atomic mass is 9.83. The standard InChI is InChI=1S/C16H19NO/c1-16(2)12-6-4-5-7-13(12)17(3)15(16)10-14(18)11-8-9-11/h4-7,10-11H,8-9H2,1-3H3/b15-10+. The number of benzene rings is 1. The molecule has 1 aliphatic heterocycles. The number of para-hydroxylation sites is 1. The molecule has 1 heterocycles. The van der Waals surface area contributed by atoms with Crippen LogP contribution in [0.1, 0.15) is 32.3 Å². The molecule has 0 spiro atoms. The third kappa shape index (κ3) is 1.59. The van der Waals surface area contributed by atoms with Crippen LogP contribution < -0.4 is 4.90 Å². The van der Waals surface area contributed by atoms with Crippen LogP contribution in [0.3, 0.4) is 0 Å². The smallest absolute Gasteiger partial charge is 0.160 e. The predicted octanol–water partition coefficient (Wildman–Crippen LogP) is 3.28. The Morgan fingerprint density at radius 2 is 2.00 bits per heavy atom. The maximum atomic E-state index is 12.0. The van der Waals surface area contributed by atoms with Crippen molar-refractivity contribution in [1.29, 1.82) is 0 Å². The fraction of sp³-hybridized carbons (Fsp3) is 0.438. The normalized spacial score (nSPS) is 23.3. The number of ketones is 1. The summed E-state index contributed by atoms with van der Waals surface area (Å²) in [7, 11) is 2.06. The number of anilines is 1. The fourth-order valence-electron chi connectivity index (χ4n) is 2.88. The van der Waals surface area contributed by atoms with Crippen molar-refractivity contribution in [2.45, 2.75) is 32.1 Å². The van der Waals surface area contributed by atoms with Crippen LogP contribution in [0.4, 0.5) is 5.69 Å². The Labute approximate surface area is 108 Å². The number of carbonyl (C=O) groups is 1. The van der Waals surface area contributed by atoms with Gasteiger partial charge in [-0.1, -0.05) is 32.0 Å². The van der Waals surface area contributed by atoms with E-state index in [0.29, 0.717) is 11.7 Å². The Bertz CT molecular complexity index is 538. The second-order valence-corrected chi connectivity index (χ2v) is 5.91. The van der Waals surface area contributed by atoms with Crippen molar-refractivity contribution >= 4 is 11.5 Å². The van der Waals surface area contributed by atoms with Crippen LogP contribution in [-0.2, 0) is 10.2 Å². The van der Waals surface area contributed by atoms with Crippen LogP contribution in [-0.4, -0.2) is 12.8 Å². The average Bonchev–Trinajstić information content (AvgIpc) is 3.16. The van der Waals surface area contributed by atoms with Gasteiger partial charge in [-0.15, -0.1) is 0 Å². The molecule has 3 rings (SSSR count). The van der Waals surface area contributed by atoms with E-state index in [0.717, 1.165) is 18.5 Å². The van der Waals surface area contributed by atoms with E-state index >= 15 is 0 Å². The quantitative estimate of drug-likeness (QED) is 0.741. The molecule has 1 aliphatic carbocycles. The summed E-state index contributed by atoms with van der Waals surface area (Å²) in [5.41, 5.74) is 3.58. The van der Waals surface area contributed by atoms with Gasteiger partial charge >= 0.3 is 0 Å². The minimum absolute atomic E-state index is 0.0735. The maximum Gasteiger partial charge on any atom is 0.160 e. The summed E-state index contributed by atoms with van der Waals surface area (Å²) in [4.78, 5) is 14.2. The molecule has 18 heavy (non-hydrogen) atoms. The van der Waals surface area contributed by atoms with Crippen molar-refractivity contribution in [3.8, 4) is 0 Å². The highest BCUT2D eigenvalue weighted by Crippen LogP contribution is 2.47. The number of carbonyl (C=O) groups excluding carboxylic acids is 1. The van der Waals surface area contributed by atoms with E-state index in [-0.39, 0.29) is 5.41 Å². The van der Waals surface area contributed by atoms with Crippen molar-refractivity contribution in [3.63, 3.8) is 0 Å². The lowest BCUT2D eigenvalue weighted by Gasteiger charge is -2.23. The second-order valence-electron chi connectivity index (χ2n) is 5.91. The summed E-state index contributed by atoms with van der Waals surface area (Å²) in [6.07, 6.45) is 4.01. The topological polar surface area (TPSA) is 20.3 Å². The molecule has 2 heteroatoms. The summed E-state index contributed by atoms with van der Waals surface area (Å²) in [6, 6.07) is 8.41. The molecule has 1 fully saturated rings.